The minimum Gasteiger partial charge on any atom is -0.497 e. The highest BCUT2D eigenvalue weighted by atomic mass is 32.2. The number of para-hydroxylation sites is 1. The molecule has 0 fully saturated rings. The quantitative estimate of drug-likeness (QED) is 0.0209. The van der Waals surface area contributed by atoms with Gasteiger partial charge in [-0.05, 0) is 226 Å². The first-order valence-corrected chi connectivity index (χ1v) is 47.4. The number of aryl methyl sites for hydroxylation is 4. The fourth-order valence-electron chi connectivity index (χ4n) is 16.1. The fraction of sp³-hybridized carbons (Fsp3) is 0.278. The molecule has 37 nitrogen and oxygen atoms in total. The van der Waals surface area contributed by atoms with Gasteiger partial charge in [0.1, 0.15) is 5.75 Å². The average molecular weight is 1860 g/mol. The average Bonchev–Trinajstić information content (AvgIpc) is 1.73. The van der Waals surface area contributed by atoms with Crippen LogP contribution in [0.15, 0.2) is 210 Å². The number of nitrogens with one attached hydrogen (secondary N) is 9. The highest BCUT2D eigenvalue weighted by molar-refractivity contribution is 7.91. The van der Waals surface area contributed by atoms with Crippen molar-refractivity contribution in [1.82, 2.24) is 44.5 Å². The Morgan fingerprint density at radius 1 is 0.496 bits per heavy atom. The third-order valence-corrected chi connectivity index (χ3v) is 27.6. The Bertz CT molecular complexity index is 7060. The van der Waals surface area contributed by atoms with Crippen LogP contribution in [0.1, 0.15) is 115 Å². The summed E-state index contributed by atoms with van der Waals surface area (Å²) in [6.07, 6.45) is 17.5. The molecule has 4 aliphatic rings. The van der Waals surface area contributed by atoms with Crippen LogP contribution in [0.2, 0.25) is 0 Å². The van der Waals surface area contributed by atoms with E-state index < -0.39 is 90.5 Å². The van der Waals surface area contributed by atoms with E-state index in [1.165, 1.54) is 105 Å². The second kappa shape index (κ2) is 38.3. The molecule has 0 spiro atoms. The van der Waals surface area contributed by atoms with E-state index in [-0.39, 0.29) is 62.3 Å². The standard InChI is InChI=1S/C30H31N7O7S.C25H27N3O3S.C18H19N3O6S.C17H17N3O5S/c1-36(24-12-13-25(37(40)41)29-28(24)33-44-34-29)17-26(38)31-15-14-18-8-10-21(11-9-18)45(42,43)35-30(39)32-27-22-6-2-4-19(22)16-20-5-3-7-23(20)27;1-28(2)22-13-5-12-21-20(22)11-6-14-23(21)32(30,31)27-25(29)26-24-18-9-3-7-16(18)15-17-8-4-10-19(17)24;1-18(2,23)12-8-15(27-10-12)28(24,25)21-17(22)20-14-9-13(26-3)7-11-5-4-6-19-16(11)14;1-17(2,22)12-9-14(25-10-12)26(23,24)20-16(21)19-13-7-3-5-11-6-4-8-18-15(11)13/h8-13,16H,2-7,14-15,17H2,1H3,(H,31,38)(H2,32,35,39);5-6,11-15H,3-4,7-10H2,1-2H3,(H2,26,27,29);4-10,23H,1-3H3,(H2,20,21,22);3-10,22H,1-2H3,(H2,19,20,21). The molecule has 0 atom stereocenters. The lowest BCUT2D eigenvalue weighted by Gasteiger charge is -2.18. The SMILES string of the molecule is CC(C)(O)c1coc(S(=O)(=O)NC(=O)Nc2cccc3cccnc23)c1.CN(C)c1cccc2c(S(=O)(=O)NC(=O)Nc3c4c(cc5c3CCC5)CCC4)cccc12.CN(CC(=O)NCCc1ccc(S(=O)(=O)NC(=O)Nc2c3c(cc4c2CCC4)CCC3)cc1)c1ccc([N+](=O)[O-])c2nonc12.COc1cc(NC(=O)NS(=O)(=O)c2cc(C(C)(C)O)co2)c2ncccc2c1. The van der Waals surface area contributed by atoms with Crippen molar-refractivity contribution in [3.8, 4) is 5.75 Å². The maximum Gasteiger partial charge on any atom is 0.333 e. The lowest BCUT2D eigenvalue weighted by atomic mass is 9.99. The maximum atomic E-state index is 13.2. The van der Waals surface area contributed by atoms with Crippen LogP contribution in [0.3, 0.4) is 0 Å². The van der Waals surface area contributed by atoms with Crippen LogP contribution in [-0.2, 0) is 114 Å². The van der Waals surface area contributed by atoms with Crippen LogP contribution in [-0.4, -0.2) is 140 Å². The van der Waals surface area contributed by atoms with Crippen molar-refractivity contribution in [1.29, 1.82) is 0 Å². The molecule has 131 heavy (non-hydrogen) atoms. The van der Waals surface area contributed by atoms with Gasteiger partial charge in [-0.15, -0.1) is 0 Å². The first-order chi connectivity index (χ1) is 62.2. The van der Waals surface area contributed by atoms with E-state index in [0.717, 1.165) is 146 Å². The summed E-state index contributed by atoms with van der Waals surface area (Å²) in [5, 5.41) is 53.8. The number of fused-ring (bicyclic) bond motifs is 8. The van der Waals surface area contributed by atoms with Gasteiger partial charge in [-0.25, -0.2) is 59.5 Å². The molecule has 0 unspecified atom stereocenters. The number of nitrogens with zero attached hydrogens (tertiary/aromatic N) is 7. The number of ether oxygens (including phenoxy) is 1. The summed E-state index contributed by atoms with van der Waals surface area (Å²) >= 11 is 0. The number of aliphatic hydroxyl groups is 2. The Kier molecular flexibility index (Phi) is 27.2. The fourth-order valence-corrected chi connectivity index (χ4v) is 19.8. The number of furan rings is 2. The number of carbonyl (C=O) groups excluding carboxylic acids is 5. The lowest BCUT2D eigenvalue weighted by molar-refractivity contribution is -0.383. The Balaban J connectivity index is 0.000000144. The summed E-state index contributed by atoms with van der Waals surface area (Å²) in [6.45, 7) is 6.17. The van der Waals surface area contributed by atoms with Gasteiger partial charge in [-0.2, -0.15) is 16.8 Å². The number of methoxy groups -OCH3 is 1. The molecular weight excluding hydrogens is 1770 g/mol. The summed E-state index contributed by atoms with van der Waals surface area (Å²) in [5.74, 6) is 0.170. The van der Waals surface area contributed by atoms with Crippen molar-refractivity contribution in [3.63, 3.8) is 0 Å². The Hall–Kier alpha value is -14.1. The molecule has 0 saturated heterocycles. The molecule has 4 aliphatic carbocycles. The van der Waals surface area contributed by atoms with Crippen molar-refractivity contribution in [2.45, 2.75) is 142 Å². The highest BCUT2D eigenvalue weighted by Crippen LogP contribution is 2.42. The normalized spacial score (nSPS) is 13.3. The number of hydrogen-bond donors (Lipinski definition) is 11. The van der Waals surface area contributed by atoms with Crippen molar-refractivity contribution in [2.75, 3.05) is 72.4 Å². The predicted molar refractivity (Wildman–Crippen MR) is 489 cm³/mol. The highest BCUT2D eigenvalue weighted by Gasteiger charge is 2.33. The third-order valence-electron chi connectivity index (χ3n) is 22.4. The molecule has 9 amide bonds. The molecule has 0 aliphatic heterocycles. The number of benzene rings is 8. The molecule has 41 heteroatoms. The molecule has 17 rings (SSSR count). The zero-order valence-electron chi connectivity index (χ0n) is 72.3. The summed E-state index contributed by atoms with van der Waals surface area (Å²) in [5.41, 5.74) is 12.9. The Morgan fingerprint density at radius 2 is 0.969 bits per heavy atom. The zero-order chi connectivity index (χ0) is 93.7. The molecule has 684 valence electrons. The van der Waals surface area contributed by atoms with Gasteiger partial charge in [0.15, 0.2) is 5.52 Å². The number of pyridine rings is 2. The van der Waals surface area contributed by atoms with E-state index in [0.29, 0.717) is 45.4 Å². The van der Waals surface area contributed by atoms with Crippen LogP contribution in [0.5, 0.6) is 5.75 Å². The maximum absolute atomic E-state index is 13.2. The topological polar surface area (TPSA) is 520 Å². The number of anilines is 6. The van der Waals surface area contributed by atoms with Crippen molar-refractivity contribution < 1.29 is 91.0 Å². The number of likely N-dealkylation sites (N-methyl/N-ethyl adjacent to an activating group) is 1. The van der Waals surface area contributed by atoms with Crippen LogP contribution in [0.4, 0.5) is 59.0 Å². The Labute approximate surface area is 752 Å². The molecule has 0 saturated carbocycles. The molecule has 11 N–H and O–H groups in total. The second-order valence-electron chi connectivity index (χ2n) is 32.7. The molecular formula is C90H94N16O21S4. The predicted octanol–water partition coefficient (Wildman–Crippen LogP) is 12.9. The summed E-state index contributed by atoms with van der Waals surface area (Å²) < 4.78 is 130. The number of urea groups is 4. The van der Waals surface area contributed by atoms with Gasteiger partial charge in [0.2, 0.25) is 21.6 Å². The van der Waals surface area contributed by atoms with Crippen molar-refractivity contribution in [2.24, 2.45) is 0 Å². The molecule has 0 radical (unpaired) electrons. The number of amides is 9. The third kappa shape index (κ3) is 21.4. The van der Waals surface area contributed by atoms with Gasteiger partial charge in [-0.1, -0.05) is 72.8 Å². The monoisotopic (exact) mass is 1860 g/mol. The van der Waals surface area contributed by atoms with E-state index in [1.54, 1.807) is 85.0 Å². The smallest absolute Gasteiger partial charge is 0.333 e. The van der Waals surface area contributed by atoms with Gasteiger partial charge in [0.25, 0.3) is 40.1 Å². The first kappa shape index (κ1) is 93.0. The van der Waals surface area contributed by atoms with E-state index in [4.69, 9.17) is 13.6 Å². The van der Waals surface area contributed by atoms with E-state index in [2.05, 4.69) is 73.1 Å². The van der Waals surface area contributed by atoms with Crippen molar-refractivity contribution >= 4 is 154 Å². The minimum atomic E-state index is -4.28. The van der Waals surface area contributed by atoms with E-state index in [1.807, 2.05) is 58.8 Å². The number of aromatic nitrogens is 4. The molecule has 13 aromatic rings. The zero-order valence-corrected chi connectivity index (χ0v) is 75.5. The lowest BCUT2D eigenvalue weighted by Crippen LogP contribution is -2.36. The van der Waals surface area contributed by atoms with Gasteiger partial charge in [-0.3, -0.25) is 24.9 Å². The largest absolute Gasteiger partial charge is 0.497 e. The van der Waals surface area contributed by atoms with Crippen LogP contribution in [0.25, 0.3) is 43.6 Å². The summed E-state index contributed by atoms with van der Waals surface area (Å²) in [4.78, 5) is 85.3. The van der Waals surface area contributed by atoms with Crippen molar-refractivity contribution in [3.05, 3.63) is 248 Å². The number of non-ortho nitro benzene ring substituents is 1. The van der Waals surface area contributed by atoms with Gasteiger partial charge < -0.3 is 60.2 Å². The van der Waals surface area contributed by atoms with Gasteiger partial charge in [0, 0.05) is 114 Å². The van der Waals surface area contributed by atoms with E-state index >= 15 is 0 Å². The number of nitro benzene ring substituents is 1. The number of carbonyl (C=O) groups is 5. The summed E-state index contributed by atoms with van der Waals surface area (Å²) in [7, 11) is -9.73. The molecule has 5 aromatic heterocycles. The van der Waals surface area contributed by atoms with Crippen LogP contribution < -0.4 is 60.0 Å². The summed E-state index contributed by atoms with van der Waals surface area (Å²) in [6, 6.07) is 38.4. The van der Waals surface area contributed by atoms with E-state index in [9.17, 15) is 78.0 Å². The molecule has 8 aromatic carbocycles. The number of nitro groups is 1. The minimum absolute atomic E-state index is 0.00595. The van der Waals surface area contributed by atoms with Gasteiger partial charge in [0.05, 0.1) is 80.2 Å². The number of sulfonamides is 4. The van der Waals surface area contributed by atoms with Crippen LogP contribution in [0, 0.1) is 10.1 Å². The number of rotatable bonds is 23. The number of hydrogen-bond acceptors (Lipinski definition) is 27. The molecule has 0 bridgehead atoms. The Morgan fingerprint density at radius 3 is 1.49 bits per heavy atom. The van der Waals surface area contributed by atoms with Gasteiger partial charge >= 0.3 is 29.8 Å². The molecule has 5 heterocycles. The second-order valence-corrected chi connectivity index (χ2v) is 39.3. The first-order valence-electron chi connectivity index (χ1n) is 41.5. The van der Waals surface area contributed by atoms with Crippen LogP contribution >= 0.6 is 0 Å².